The van der Waals surface area contributed by atoms with E-state index in [1.165, 1.54) is 17.8 Å². The van der Waals surface area contributed by atoms with E-state index in [0.717, 1.165) is 20.8 Å². The molecule has 4 aromatic rings. The van der Waals surface area contributed by atoms with Crippen LogP contribution in [0.3, 0.4) is 0 Å². The van der Waals surface area contributed by atoms with Gasteiger partial charge in [0.15, 0.2) is 5.82 Å². The van der Waals surface area contributed by atoms with Gasteiger partial charge in [-0.1, -0.05) is 42.1 Å². The van der Waals surface area contributed by atoms with E-state index in [4.69, 9.17) is 0 Å². The second kappa shape index (κ2) is 8.60. The quantitative estimate of drug-likeness (QED) is 0.190. The molecule has 0 unspecified atom stereocenters. The molecule has 0 bridgehead atoms. The summed E-state index contributed by atoms with van der Waals surface area (Å²) in [4.78, 5) is 33.4. The summed E-state index contributed by atoms with van der Waals surface area (Å²) in [6, 6.07) is 16.2. The Kier molecular flexibility index (Phi) is 5.73. The number of thiophene rings is 1. The highest BCUT2D eigenvalue weighted by Gasteiger charge is 2.16. The maximum absolute atomic E-state index is 12.5. The first kappa shape index (κ1) is 20.0. The third kappa shape index (κ3) is 4.17. The summed E-state index contributed by atoms with van der Waals surface area (Å²) in [5.74, 6) is 0.484. The lowest BCUT2D eigenvalue weighted by molar-refractivity contribution is -0.385. The highest BCUT2D eigenvalue weighted by molar-refractivity contribution is 8.00. The molecule has 150 valence electrons. The van der Waals surface area contributed by atoms with Gasteiger partial charge in [0.2, 0.25) is 5.91 Å². The van der Waals surface area contributed by atoms with Crippen molar-refractivity contribution < 1.29 is 9.72 Å². The second-order valence-electron chi connectivity index (χ2n) is 6.39. The van der Waals surface area contributed by atoms with Crippen LogP contribution in [0.15, 0.2) is 65.0 Å². The molecule has 2 aromatic carbocycles. The fourth-order valence-corrected chi connectivity index (χ4v) is 4.43. The first-order valence-electron chi connectivity index (χ1n) is 9.00. The Morgan fingerprint density at radius 1 is 1.13 bits per heavy atom. The van der Waals surface area contributed by atoms with Gasteiger partial charge in [0.25, 0.3) is 5.69 Å². The molecule has 0 radical (unpaired) electrons. The number of nitro benzene ring substituents is 1. The van der Waals surface area contributed by atoms with Gasteiger partial charge in [-0.2, -0.15) is 0 Å². The molecule has 7 nitrogen and oxygen atoms in total. The zero-order valence-corrected chi connectivity index (χ0v) is 17.5. The normalized spacial score (nSPS) is 10.8. The van der Waals surface area contributed by atoms with Crippen LogP contribution >= 0.6 is 23.1 Å². The fourth-order valence-electron chi connectivity index (χ4n) is 2.95. The van der Waals surface area contributed by atoms with Crippen molar-refractivity contribution in [1.29, 1.82) is 0 Å². The molecule has 1 N–H and O–H groups in total. The van der Waals surface area contributed by atoms with Crippen LogP contribution < -0.4 is 5.32 Å². The highest BCUT2D eigenvalue weighted by atomic mass is 32.2. The van der Waals surface area contributed by atoms with Gasteiger partial charge in [-0.3, -0.25) is 14.9 Å². The van der Waals surface area contributed by atoms with Gasteiger partial charge in [0.05, 0.1) is 32.3 Å². The average Bonchev–Trinajstić information content (AvgIpc) is 3.28. The molecule has 2 aromatic heterocycles. The number of hydrogen-bond acceptors (Lipinski definition) is 7. The average molecular weight is 437 g/mol. The molecule has 0 spiro atoms. The van der Waals surface area contributed by atoms with E-state index in [0.29, 0.717) is 17.1 Å². The van der Waals surface area contributed by atoms with E-state index in [1.807, 2.05) is 41.8 Å². The zero-order valence-electron chi connectivity index (χ0n) is 15.9. The van der Waals surface area contributed by atoms with Crippen molar-refractivity contribution in [1.82, 2.24) is 9.97 Å². The molecule has 0 aliphatic rings. The number of fused-ring (bicyclic) bond motifs is 1. The van der Waals surface area contributed by atoms with Gasteiger partial charge in [-0.25, -0.2) is 9.97 Å². The van der Waals surface area contributed by atoms with E-state index in [-0.39, 0.29) is 17.3 Å². The topological polar surface area (TPSA) is 98.0 Å². The number of para-hydroxylation sites is 1. The van der Waals surface area contributed by atoms with E-state index in [2.05, 4.69) is 15.3 Å². The van der Waals surface area contributed by atoms with Crippen molar-refractivity contribution in [2.24, 2.45) is 0 Å². The van der Waals surface area contributed by atoms with Gasteiger partial charge >= 0.3 is 0 Å². The summed E-state index contributed by atoms with van der Waals surface area (Å²) in [5.41, 5.74) is 1.64. The van der Waals surface area contributed by atoms with Crippen LogP contribution in [-0.4, -0.2) is 26.6 Å². The Morgan fingerprint density at radius 2 is 1.97 bits per heavy atom. The van der Waals surface area contributed by atoms with Crippen molar-refractivity contribution >= 4 is 51.3 Å². The number of carbonyl (C=O) groups is 1. The number of nitrogens with zero attached hydrogens (tertiary/aromatic N) is 3. The smallest absolute Gasteiger partial charge is 0.274 e. The van der Waals surface area contributed by atoms with Gasteiger partial charge in [-0.05, 0) is 30.5 Å². The summed E-state index contributed by atoms with van der Waals surface area (Å²) in [7, 11) is 0. The second-order valence-corrected chi connectivity index (χ2v) is 8.30. The lowest BCUT2D eigenvalue weighted by Gasteiger charge is -2.10. The summed E-state index contributed by atoms with van der Waals surface area (Å²) in [5, 5.41) is 17.4. The predicted molar refractivity (Wildman–Crippen MR) is 120 cm³/mol. The zero-order chi connectivity index (χ0) is 21.1. The van der Waals surface area contributed by atoms with Crippen LogP contribution in [0.4, 0.5) is 11.4 Å². The lowest BCUT2D eigenvalue weighted by Crippen LogP contribution is -2.15. The molecule has 30 heavy (non-hydrogen) atoms. The summed E-state index contributed by atoms with van der Waals surface area (Å²) < 4.78 is 0. The minimum absolute atomic E-state index is 0.0252. The maximum atomic E-state index is 12.5. The molecular weight excluding hydrogens is 420 g/mol. The molecule has 9 heteroatoms. The fraction of sp³-hybridized carbons (Fsp3) is 0.0952. The third-order valence-corrected chi connectivity index (χ3v) is 6.28. The van der Waals surface area contributed by atoms with E-state index < -0.39 is 4.92 Å². The van der Waals surface area contributed by atoms with E-state index in [1.54, 1.807) is 30.4 Å². The van der Waals surface area contributed by atoms with E-state index >= 15 is 0 Å². The standard InChI is InChI=1S/C21H16N4O3S2/c1-13-15(8-4-9-17(13)25(27)28)22-19(26)12-30-21-14-6-2-3-7-16(14)23-20(24-21)18-10-5-11-29-18/h2-11H,12H2,1H3,(H,22,26). The molecule has 0 saturated heterocycles. The Balaban J connectivity index is 1.56. The molecular formula is C21H16N4O3S2. The summed E-state index contributed by atoms with van der Waals surface area (Å²) in [6.07, 6.45) is 0. The SMILES string of the molecule is Cc1c(NC(=O)CSc2nc(-c3cccs3)nc3ccccc23)cccc1[N+](=O)[O-]. The number of nitrogens with one attached hydrogen (secondary N) is 1. The minimum atomic E-state index is -0.459. The summed E-state index contributed by atoms with van der Waals surface area (Å²) >= 11 is 2.87. The Labute approximate surface area is 180 Å². The van der Waals surface area contributed by atoms with Crippen LogP contribution in [0.25, 0.3) is 21.6 Å². The predicted octanol–water partition coefficient (Wildman–Crippen LogP) is 5.31. The van der Waals surface area contributed by atoms with Crippen molar-refractivity contribution in [3.05, 3.63) is 75.7 Å². The molecule has 2 heterocycles. The molecule has 0 aliphatic carbocycles. The Hall–Kier alpha value is -3.30. The largest absolute Gasteiger partial charge is 0.325 e. The number of amides is 1. The Bertz CT molecular complexity index is 1240. The number of thioether (sulfide) groups is 1. The van der Waals surface area contributed by atoms with Crippen LogP contribution in [0.2, 0.25) is 0 Å². The molecule has 0 atom stereocenters. The van der Waals surface area contributed by atoms with Gasteiger partial charge in [0.1, 0.15) is 5.03 Å². The molecule has 0 fully saturated rings. The van der Waals surface area contributed by atoms with Crippen LogP contribution in [0, 0.1) is 17.0 Å². The number of aromatic nitrogens is 2. The molecule has 0 saturated carbocycles. The van der Waals surface area contributed by atoms with Gasteiger partial charge < -0.3 is 5.32 Å². The van der Waals surface area contributed by atoms with Gasteiger partial charge in [0, 0.05) is 11.5 Å². The first-order chi connectivity index (χ1) is 14.5. The maximum Gasteiger partial charge on any atom is 0.274 e. The number of rotatable bonds is 6. The highest BCUT2D eigenvalue weighted by Crippen LogP contribution is 2.30. The molecule has 4 rings (SSSR count). The monoisotopic (exact) mass is 436 g/mol. The van der Waals surface area contributed by atoms with Crippen molar-refractivity contribution in [2.45, 2.75) is 11.9 Å². The number of hydrogen-bond donors (Lipinski definition) is 1. The third-order valence-electron chi connectivity index (χ3n) is 4.43. The van der Waals surface area contributed by atoms with Crippen molar-refractivity contribution in [3.8, 4) is 10.7 Å². The van der Waals surface area contributed by atoms with Crippen LogP contribution in [0.1, 0.15) is 5.56 Å². The molecule has 1 amide bonds. The number of nitro groups is 1. The minimum Gasteiger partial charge on any atom is -0.325 e. The Morgan fingerprint density at radius 3 is 2.73 bits per heavy atom. The van der Waals surface area contributed by atoms with Crippen LogP contribution in [0.5, 0.6) is 0 Å². The number of anilines is 1. The number of carbonyl (C=O) groups excluding carboxylic acids is 1. The summed E-state index contributed by atoms with van der Waals surface area (Å²) in [6.45, 7) is 1.62. The van der Waals surface area contributed by atoms with Crippen LogP contribution in [-0.2, 0) is 4.79 Å². The molecule has 0 aliphatic heterocycles. The lowest BCUT2D eigenvalue weighted by atomic mass is 10.1. The van der Waals surface area contributed by atoms with Crippen molar-refractivity contribution in [2.75, 3.05) is 11.1 Å². The van der Waals surface area contributed by atoms with E-state index in [9.17, 15) is 14.9 Å². The number of benzene rings is 2. The van der Waals surface area contributed by atoms with Crippen molar-refractivity contribution in [3.63, 3.8) is 0 Å². The first-order valence-corrected chi connectivity index (χ1v) is 10.9. The van der Waals surface area contributed by atoms with Gasteiger partial charge in [-0.15, -0.1) is 11.3 Å².